The summed E-state index contributed by atoms with van der Waals surface area (Å²) in [5, 5.41) is 0.809. The molecule has 3 atom stereocenters. The van der Waals surface area contributed by atoms with Crippen molar-refractivity contribution in [1.29, 1.82) is 0 Å². The van der Waals surface area contributed by atoms with Crippen LogP contribution in [0, 0.1) is 5.92 Å². The molecule has 0 amide bonds. The minimum Gasteiger partial charge on any atom is -0.327 e. The minimum atomic E-state index is 0.379. The molecule has 1 aliphatic heterocycles. The fourth-order valence-corrected chi connectivity index (χ4v) is 2.81. The molecule has 2 nitrogen and oxygen atoms in total. The Bertz CT molecular complexity index is 377. The van der Waals surface area contributed by atoms with E-state index in [0.717, 1.165) is 31.0 Å². The van der Waals surface area contributed by atoms with Gasteiger partial charge in [0.05, 0.1) is 0 Å². The summed E-state index contributed by atoms with van der Waals surface area (Å²) in [6.45, 7) is 6.81. The van der Waals surface area contributed by atoms with Gasteiger partial charge in [0.25, 0.3) is 0 Å². The first-order valence-corrected chi connectivity index (χ1v) is 7.18. The van der Waals surface area contributed by atoms with E-state index in [1.54, 1.807) is 0 Å². The number of halogens is 1. The number of nitrogens with zero attached hydrogens (tertiary/aromatic N) is 1. The number of nitrogens with two attached hydrogens (primary N) is 1. The first-order valence-electron chi connectivity index (χ1n) is 6.80. The Morgan fingerprint density at radius 2 is 2.06 bits per heavy atom. The molecule has 1 saturated heterocycles. The van der Waals surface area contributed by atoms with Crippen molar-refractivity contribution in [1.82, 2.24) is 4.90 Å². The van der Waals surface area contributed by atoms with E-state index in [-0.39, 0.29) is 0 Å². The highest BCUT2D eigenvalue weighted by Crippen LogP contribution is 2.19. The number of benzene rings is 1. The van der Waals surface area contributed by atoms with Gasteiger partial charge in [0, 0.05) is 23.7 Å². The van der Waals surface area contributed by atoms with E-state index >= 15 is 0 Å². The third-order valence-corrected chi connectivity index (χ3v) is 4.32. The fraction of sp³-hybridized carbons (Fsp3) is 0.600. The monoisotopic (exact) mass is 266 g/mol. The Hall–Kier alpha value is -0.570. The Kier molecular flexibility index (Phi) is 4.66. The molecule has 1 aromatic rings. The first kappa shape index (κ1) is 13.9. The maximum absolute atomic E-state index is 6.07. The number of piperidine rings is 1. The van der Waals surface area contributed by atoms with Crippen LogP contribution in [-0.4, -0.2) is 30.1 Å². The fourth-order valence-electron chi connectivity index (χ4n) is 2.69. The van der Waals surface area contributed by atoms with Crippen molar-refractivity contribution in [3.63, 3.8) is 0 Å². The summed E-state index contributed by atoms with van der Waals surface area (Å²) in [4.78, 5) is 2.56. The predicted octanol–water partition coefficient (Wildman–Crippen LogP) is 2.94. The van der Waals surface area contributed by atoms with Gasteiger partial charge in [0.2, 0.25) is 0 Å². The van der Waals surface area contributed by atoms with Crippen molar-refractivity contribution in [2.45, 2.75) is 38.8 Å². The molecule has 0 radical (unpaired) electrons. The highest BCUT2D eigenvalue weighted by molar-refractivity contribution is 6.30. The Morgan fingerprint density at radius 1 is 1.39 bits per heavy atom. The van der Waals surface area contributed by atoms with Gasteiger partial charge in [0.15, 0.2) is 0 Å². The summed E-state index contributed by atoms with van der Waals surface area (Å²) in [6.07, 6.45) is 2.20. The van der Waals surface area contributed by atoms with Crippen molar-refractivity contribution in [3.8, 4) is 0 Å². The molecule has 0 saturated carbocycles. The third-order valence-electron chi connectivity index (χ3n) is 4.07. The highest BCUT2D eigenvalue weighted by atomic mass is 35.5. The molecule has 0 aliphatic carbocycles. The summed E-state index contributed by atoms with van der Waals surface area (Å²) in [6, 6.07) is 9.14. The second kappa shape index (κ2) is 6.05. The molecule has 2 rings (SSSR count). The Balaban J connectivity index is 1.91. The lowest BCUT2D eigenvalue weighted by Crippen LogP contribution is -2.49. The standard InChI is InChI=1S/C15H23ClN2/c1-11-10-18(8-7-15(11)17)12(2)9-13-3-5-14(16)6-4-13/h3-6,11-12,15H,7-10,17H2,1-2H3. The van der Waals surface area contributed by atoms with E-state index in [4.69, 9.17) is 17.3 Å². The molecule has 0 spiro atoms. The second-order valence-corrected chi connectivity index (χ2v) is 6.04. The SMILES string of the molecule is CC1CN(C(C)Cc2ccc(Cl)cc2)CCC1N. The second-order valence-electron chi connectivity index (χ2n) is 5.60. The smallest absolute Gasteiger partial charge is 0.0406 e. The molecule has 1 aliphatic rings. The van der Waals surface area contributed by atoms with Gasteiger partial charge in [-0.25, -0.2) is 0 Å². The van der Waals surface area contributed by atoms with E-state index in [2.05, 4.69) is 30.9 Å². The zero-order valence-electron chi connectivity index (χ0n) is 11.3. The van der Waals surface area contributed by atoms with Gasteiger partial charge in [-0.1, -0.05) is 30.7 Å². The van der Waals surface area contributed by atoms with Crippen LogP contribution in [0.3, 0.4) is 0 Å². The van der Waals surface area contributed by atoms with Gasteiger partial charge in [-0.15, -0.1) is 0 Å². The number of rotatable bonds is 3. The molecular formula is C15H23ClN2. The maximum atomic E-state index is 6.07. The molecule has 3 unspecified atom stereocenters. The molecule has 1 aromatic carbocycles. The lowest BCUT2D eigenvalue weighted by molar-refractivity contribution is 0.123. The summed E-state index contributed by atoms with van der Waals surface area (Å²) >= 11 is 5.91. The molecule has 100 valence electrons. The van der Waals surface area contributed by atoms with Crippen molar-refractivity contribution >= 4 is 11.6 Å². The molecule has 0 aromatic heterocycles. The summed E-state index contributed by atoms with van der Waals surface area (Å²) in [7, 11) is 0. The zero-order valence-corrected chi connectivity index (χ0v) is 12.0. The Labute approximate surface area is 115 Å². The zero-order chi connectivity index (χ0) is 13.1. The quantitative estimate of drug-likeness (QED) is 0.912. The van der Waals surface area contributed by atoms with Gasteiger partial charge in [-0.05, 0) is 49.9 Å². The van der Waals surface area contributed by atoms with Crippen LogP contribution in [-0.2, 0) is 6.42 Å². The van der Waals surface area contributed by atoms with Gasteiger partial charge in [0.1, 0.15) is 0 Å². The summed E-state index contributed by atoms with van der Waals surface area (Å²) in [5.74, 6) is 0.603. The lowest BCUT2D eigenvalue weighted by atomic mass is 9.93. The topological polar surface area (TPSA) is 29.3 Å². The predicted molar refractivity (Wildman–Crippen MR) is 77.9 cm³/mol. The van der Waals surface area contributed by atoms with Crippen LogP contribution in [0.15, 0.2) is 24.3 Å². The van der Waals surface area contributed by atoms with Crippen LogP contribution in [0.4, 0.5) is 0 Å². The largest absolute Gasteiger partial charge is 0.327 e. The minimum absolute atomic E-state index is 0.379. The van der Waals surface area contributed by atoms with Crippen molar-refractivity contribution in [2.75, 3.05) is 13.1 Å². The van der Waals surface area contributed by atoms with Crippen LogP contribution in [0.25, 0.3) is 0 Å². The molecule has 18 heavy (non-hydrogen) atoms. The molecule has 1 fully saturated rings. The molecule has 3 heteroatoms. The van der Waals surface area contributed by atoms with Crippen LogP contribution in [0.1, 0.15) is 25.8 Å². The van der Waals surface area contributed by atoms with Crippen LogP contribution < -0.4 is 5.73 Å². The number of hydrogen-bond donors (Lipinski definition) is 1. The lowest BCUT2D eigenvalue weighted by Gasteiger charge is -2.38. The van der Waals surface area contributed by atoms with E-state index in [0.29, 0.717) is 18.0 Å². The number of likely N-dealkylation sites (tertiary alicyclic amines) is 1. The van der Waals surface area contributed by atoms with Gasteiger partial charge in [-0.3, -0.25) is 4.90 Å². The molecule has 0 bridgehead atoms. The van der Waals surface area contributed by atoms with Gasteiger partial charge in [-0.2, -0.15) is 0 Å². The highest BCUT2D eigenvalue weighted by Gasteiger charge is 2.25. The molecule has 2 N–H and O–H groups in total. The first-order chi connectivity index (χ1) is 8.56. The maximum Gasteiger partial charge on any atom is 0.0406 e. The van der Waals surface area contributed by atoms with Gasteiger partial charge >= 0.3 is 0 Å². The normalized spacial score (nSPS) is 27.1. The average molecular weight is 267 g/mol. The van der Waals surface area contributed by atoms with E-state index in [1.165, 1.54) is 5.56 Å². The summed E-state index contributed by atoms with van der Waals surface area (Å²) < 4.78 is 0. The van der Waals surface area contributed by atoms with E-state index in [1.807, 2.05) is 12.1 Å². The molecule has 1 heterocycles. The number of hydrogen-bond acceptors (Lipinski definition) is 2. The van der Waals surface area contributed by atoms with Crippen LogP contribution >= 0.6 is 11.6 Å². The van der Waals surface area contributed by atoms with Crippen LogP contribution in [0.2, 0.25) is 5.02 Å². The summed E-state index contributed by atoms with van der Waals surface area (Å²) in [5.41, 5.74) is 7.42. The molecular weight excluding hydrogens is 244 g/mol. The van der Waals surface area contributed by atoms with E-state index in [9.17, 15) is 0 Å². The van der Waals surface area contributed by atoms with Crippen LogP contribution in [0.5, 0.6) is 0 Å². The van der Waals surface area contributed by atoms with Crippen molar-refractivity contribution in [2.24, 2.45) is 11.7 Å². The van der Waals surface area contributed by atoms with E-state index < -0.39 is 0 Å². The van der Waals surface area contributed by atoms with Crippen molar-refractivity contribution < 1.29 is 0 Å². The van der Waals surface area contributed by atoms with Crippen molar-refractivity contribution in [3.05, 3.63) is 34.9 Å². The van der Waals surface area contributed by atoms with Gasteiger partial charge < -0.3 is 5.73 Å². The third kappa shape index (κ3) is 3.47. The average Bonchev–Trinajstić information content (AvgIpc) is 2.35. The Morgan fingerprint density at radius 3 is 2.67 bits per heavy atom.